The van der Waals surface area contributed by atoms with Crippen LogP contribution in [0.5, 0.6) is 0 Å². The molecule has 2 aromatic rings. The molecule has 1 radical (unpaired) electrons. The van der Waals surface area contributed by atoms with E-state index in [4.69, 9.17) is 5.73 Å². The molecule has 2 rings (SSSR count). The van der Waals surface area contributed by atoms with Gasteiger partial charge in [0.2, 0.25) is 5.91 Å². The molecule has 0 bridgehead atoms. The van der Waals surface area contributed by atoms with Crippen LogP contribution in [0, 0.1) is 12.0 Å². The maximum absolute atomic E-state index is 11.8. The third kappa shape index (κ3) is 1.95. The summed E-state index contributed by atoms with van der Waals surface area (Å²) in [7, 11) is 0. The Morgan fingerprint density at radius 1 is 1.59 bits per heavy atom. The predicted molar refractivity (Wildman–Crippen MR) is 64.8 cm³/mol. The van der Waals surface area contributed by atoms with Gasteiger partial charge < -0.3 is 5.73 Å². The highest BCUT2D eigenvalue weighted by atomic mass is 16.1. The molecule has 89 valence electrons. The second-order valence-electron chi connectivity index (χ2n) is 4.42. The number of rotatable bonds is 3. The first-order valence-corrected chi connectivity index (χ1v) is 5.43. The standard InChI is InChI=1S/C12H14N3O2/c1-7(2)6-15-9-5-3-4-8(11(13)16)10(9)12(17)14-15/h3,5,7H,6H2,1-2H3,(H2,13,16)(H,14,17). The van der Waals surface area contributed by atoms with Gasteiger partial charge in [-0.3, -0.25) is 19.4 Å². The second-order valence-corrected chi connectivity index (χ2v) is 4.42. The molecule has 5 heteroatoms. The molecule has 1 heterocycles. The van der Waals surface area contributed by atoms with Crippen LogP contribution in [0.2, 0.25) is 0 Å². The first-order valence-electron chi connectivity index (χ1n) is 5.43. The Bertz CT molecular complexity index is 622. The minimum absolute atomic E-state index is 0.145. The highest BCUT2D eigenvalue weighted by Crippen LogP contribution is 2.15. The number of carbonyl (C=O) groups is 1. The minimum Gasteiger partial charge on any atom is -0.366 e. The summed E-state index contributed by atoms with van der Waals surface area (Å²) in [5, 5.41) is 3.03. The molecule has 0 saturated heterocycles. The number of aromatic amines is 1. The van der Waals surface area contributed by atoms with E-state index < -0.39 is 5.91 Å². The highest BCUT2D eigenvalue weighted by molar-refractivity contribution is 6.05. The predicted octanol–water partition coefficient (Wildman–Crippen LogP) is 0.885. The summed E-state index contributed by atoms with van der Waals surface area (Å²) in [5.74, 6) is -0.245. The maximum Gasteiger partial charge on any atom is 0.272 e. The fraction of sp³-hybridized carbons (Fsp3) is 0.333. The Morgan fingerprint density at radius 3 is 2.88 bits per heavy atom. The Balaban J connectivity index is 2.72. The molecule has 1 aromatic heterocycles. The molecule has 0 aliphatic heterocycles. The van der Waals surface area contributed by atoms with E-state index >= 15 is 0 Å². The van der Waals surface area contributed by atoms with E-state index in [0.717, 1.165) is 0 Å². The number of hydrogen-bond donors (Lipinski definition) is 2. The van der Waals surface area contributed by atoms with Gasteiger partial charge in [0.25, 0.3) is 5.56 Å². The molecule has 0 fully saturated rings. The first-order chi connectivity index (χ1) is 8.00. The van der Waals surface area contributed by atoms with Gasteiger partial charge in [0.05, 0.1) is 16.5 Å². The third-order valence-electron chi connectivity index (χ3n) is 2.52. The summed E-state index contributed by atoms with van der Waals surface area (Å²) in [6, 6.07) is 6.07. The van der Waals surface area contributed by atoms with Gasteiger partial charge in [-0.25, -0.2) is 0 Å². The first kappa shape index (κ1) is 11.4. The zero-order chi connectivity index (χ0) is 12.6. The second kappa shape index (κ2) is 4.08. The van der Waals surface area contributed by atoms with Crippen molar-refractivity contribution < 1.29 is 4.79 Å². The van der Waals surface area contributed by atoms with Crippen molar-refractivity contribution in [3.63, 3.8) is 0 Å². The Morgan fingerprint density at radius 2 is 2.29 bits per heavy atom. The van der Waals surface area contributed by atoms with E-state index in [2.05, 4.69) is 11.2 Å². The summed E-state index contributed by atoms with van der Waals surface area (Å²) < 4.78 is 1.74. The lowest BCUT2D eigenvalue weighted by Crippen LogP contribution is -2.14. The molecule has 0 aliphatic rings. The Kier molecular flexibility index (Phi) is 2.75. The van der Waals surface area contributed by atoms with Gasteiger partial charge in [-0.1, -0.05) is 19.9 Å². The highest BCUT2D eigenvalue weighted by Gasteiger charge is 2.14. The fourth-order valence-electron chi connectivity index (χ4n) is 1.88. The molecular weight excluding hydrogens is 218 g/mol. The number of nitrogens with two attached hydrogens (primary N) is 1. The molecule has 1 aromatic carbocycles. The van der Waals surface area contributed by atoms with Crippen LogP contribution >= 0.6 is 0 Å². The largest absolute Gasteiger partial charge is 0.366 e. The van der Waals surface area contributed by atoms with Crippen molar-refractivity contribution in [1.82, 2.24) is 9.78 Å². The van der Waals surface area contributed by atoms with Crippen LogP contribution in [0.4, 0.5) is 0 Å². The SMILES string of the molecule is CC(C)Cn1[nH]c(=O)c2c(C(N)=O)[c]ccc21. The van der Waals surface area contributed by atoms with Gasteiger partial charge >= 0.3 is 0 Å². The van der Waals surface area contributed by atoms with Crippen molar-refractivity contribution in [2.24, 2.45) is 11.7 Å². The molecule has 1 amide bonds. The van der Waals surface area contributed by atoms with Crippen LogP contribution in [-0.4, -0.2) is 15.7 Å². The van der Waals surface area contributed by atoms with Gasteiger partial charge in [0, 0.05) is 6.54 Å². The lowest BCUT2D eigenvalue weighted by Gasteiger charge is -2.07. The van der Waals surface area contributed by atoms with Crippen molar-refractivity contribution in [2.45, 2.75) is 20.4 Å². The number of fused-ring (bicyclic) bond motifs is 1. The van der Waals surface area contributed by atoms with Gasteiger partial charge in [-0.15, -0.1) is 0 Å². The van der Waals surface area contributed by atoms with Gasteiger partial charge in [-0.2, -0.15) is 0 Å². The molecule has 0 aliphatic carbocycles. The van der Waals surface area contributed by atoms with E-state index in [1.165, 1.54) is 0 Å². The molecule has 3 N–H and O–H groups in total. The Hall–Kier alpha value is -2.04. The van der Waals surface area contributed by atoms with Crippen LogP contribution in [0.3, 0.4) is 0 Å². The van der Waals surface area contributed by atoms with E-state index in [9.17, 15) is 9.59 Å². The molecule has 5 nitrogen and oxygen atoms in total. The number of aromatic nitrogens is 2. The van der Waals surface area contributed by atoms with Crippen LogP contribution in [-0.2, 0) is 6.54 Å². The number of benzene rings is 1. The minimum atomic E-state index is -0.636. The van der Waals surface area contributed by atoms with Crippen LogP contribution < -0.4 is 11.3 Å². The van der Waals surface area contributed by atoms with Gasteiger partial charge in [0.15, 0.2) is 0 Å². The summed E-state index contributed by atoms with van der Waals surface area (Å²) in [5.41, 5.74) is 5.76. The molecule has 0 spiro atoms. The van der Waals surface area contributed by atoms with Crippen LogP contribution in [0.25, 0.3) is 10.9 Å². The number of nitrogens with one attached hydrogen (secondary N) is 1. The van der Waals surface area contributed by atoms with Crippen molar-refractivity contribution in [1.29, 1.82) is 0 Å². The van der Waals surface area contributed by atoms with Crippen LogP contribution in [0.1, 0.15) is 24.2 Å². The van der Waals surface area contributed by atoms with Crippen molar-refractivity contribution in [2.75, 3.05) is 0 Å². The smallest absolute Gasteiger partial charge is 0.272 e. The summed E-state index contributed by atoms with van der Waals surface area (Å²) in [6.45, 7) is 4.78. The zero-order valence-electron chi connectivity index (χ0n) is 9.78. The van der Waals surface area contributed by atoms with Gasteiger partial charge in [-0.05, 0) is 18.1 Å². The molecular formula is C12H14N3O2. The van der Waals surface area contributed by atoms with Crippen molar-refractivity contribution in [3.05, 3.63) is 34.1 Å². The lowest BCUT2D eigenvalue weighted by molar-refractivity contribution is 0.100. The number of hydrogen-bond acceptors (Lipinski definition) is 2. The van der Waals surface area contributed by atoms with Crippen molar-refractivity contribution >= 4 is 16.8 Å². The van der Waals surface area contributed by atoms with E-state index in [0.29, 0.717) is 23.4 Å². The topological polar surface area (TPSA) is 80.9 Å². The fourth-order valence-corrected chi connectivity index (χ4v) is 1.88. The summed E-state index contributed by atoms with van der Waals surface area (Å²) in [6.07, 6.45) is 0. The monoisotopic (exact) mass is 232 g/mol. The van der Waals surface area contributed by atoms with E-state index in [1.54, 1.807) is 16.8 Å². The molecule has 0 unspecified atom stereocenters. The average Bonchev–Trinajstić information content (AvgIpc) is 2.55. The van der Waals surface area contributed by atoms with Crippen LogP contribution in [0.15, 0.2) is 16.9 Å². The number of H-pyrrole nitrogens is 1. The lowest BCUT2D eigenvalue weighted by atomic mass is 10.1. The third-order valence-corrected chi connectivity index (χ3v) is 2.52. The number of carbonyl (C=O) groups excluding carboxylic acids is 1. The molecule has 0 saturated carbocycles. The molecule has 0 atom stereocenters. The van der Waals surface area contributed by atoms with E-state index in [-0.39, 0.29) is 11.1 Å². The Labute approximate surface area is 98.2 Å². The maximum atomic E-state index is 11.8. The number of primary amides is 1. The normalized spacial score (nSPS) is 11.2. The number of amides is 1. The summed E-state index contributed by atoms with van der Waals surface area (Å²) >= 11 is 0. The van der Waals surface area contributed by atoms with E-state index in [1.807, 2.05) is 13.8 Å². The van der Waals surface area contributed by atoms with Crippen molar-refractivity contribution in [3.8, 4) is 0 Å². The van der Waals surface area contributed by atoms with Gasteiger partial charge in [0.1, 0.15) is 0 Å². The number of nitrogens with zero attached hydrogens (tertiary/aromatic N) is 1. The quantitative estimate of drug-likeness (QED) is 0.823. The zero-order valence-corrected chi connectivity index (χ0v) is 9.78. The summed E-state index contributed by atoms with van der Waals surface area (Å²) in [4.78, 5) is 23.0. The average molecular weight is 232 g/mol. The molecule has 17 heavy (non-hydrogen) atoms.